The predicted molar refractivity (Wildman–Crippen MR) is 154 cm³/mol. The number of carbonyl (C=O) groups excluding carboxylic acids is 3. The summed E-state index contributed by atoms with van der Waals surface area (Å²) < 4.78 is 61.3. The number of thiophene rings is 1. The average Bonchev–Trinajstić information content (AvgIpc) is 3.35. The van der Waals surface area contributed by atoms with Crippen LogP contribution in [0.4, 0.5) is 0 Å². The number of amides is 1. The van der Waals surface area contributed by atoms with E-state index in [4.69, 9.17) is 4.74 Å². The molecule has 0 unspecified atom stereocenters. The Morgan fingerprint density at radius 1 is 1.07 bits per heavy atom. The Kier molecular flexibility index (Phi) is 12.2. The van der Waals surface area contributed by atoms with Crippen LogP contribution in [0.2, 0.25) is 0 Å². The molecule has 2 rings (SSSR count). The molecule has 1 aromatic carbocycles. The second-order valence-electron chi connectivity index (χ2n) is 9.69. The maximum Gasteiger partial charge on any atom is 0.324 e. The summed E-state index contributed by atoms with van der Waals surface area (Å²) in [6.07, 6.45) is 1.21. The smallest absolute Gasteiger partial charge is 0.324 e. The minimum Gasteiger partial charge on any atom is -0.468 e. The highest BCUT2D eigenvalue weighted by atomic mass is 32.2. The molecule has 0 bridgehead atoms. The molecule has 2 N–H and O–H groups in total. The number of hydrogen-bond donors (Lipinski definition) is 2. The lowest BCUT2D eigenvalue weighted by atomic mass is 10.2. The lowest BCUT2D eigenvalue weighted by Gasteiger charge is -2.22. The van der Waals surface area contributed by atoms with E-state index in [1.165, 1.54) is 36.0 Å². The van der Waals surface area contributed by atoms with Gasteiger partial charge >= 0.3 is 11.9 Å². The van der Waals surface area contributed by atoms with Crippen molar-refractivity contribution in [2.45, 2.75) is 60.1 Å². The summed E-state index contributed by atoms with van der Waals surface area (Å²) >= 11 is 2.46. The SMILES string of the molecule is COC(=O)[C@H](CC(=O)OC(C)(C)C)NS(=O)(=O)c1cccc(CSCCCNC(=O)c2ccc(S(C)(=O)=O)s2)c1. The Labute approximate surface area is 243 Å². The number of thioether (sulfide) groups is 1. The van der Waals surface area contributed by atoms with Crippen molar-refractivity contribution in [3.8, 4) is 0 Å². The van der Waals surface area contributed by atoms with Crippen LogP contribution in [-0.4, -0.2) is 72.0 Å². The van der Waals surface area contributed by atoms with Gasteiger partial charge in [-0.05, 0) is 62.8 Å². The van der Waals surface area contributed by atoms with Crippen molar-refractivity contribution in [1.29, 1.82) is 0 Å². The highest BCUT2D eigenvalue weighted by Crippen LogP contribution is 2.22. The van der Waals surface area contributed by atoms with E-state index >= 15 is 0 Å². The van der Waals surface area contributed by atoms with E-state index in [9.17, 15) is 31.2 Å². The van der Waals surface area contributed by atoms with Crippen LogP contribution in [0.1, 0.15) is 48.8 Å². The Hall–Kier alpha value is -2.46. The molecule has 1 aromatic heterocycles. The predicted octanol–water partition coefficient (Wildman–Crippen LogP) is 2.76. The number of hydrogen-bond acceptors (Lipinski definition) is 11. The number of benzene rings is 1. The first-order valence-corrected chi connectivity index (χ1v) is 17.4. The number of carbonyl (C=O) groups is 3. The van der Waals surface area contributed by atoms with Crippen LogP contribution < -0.4 is 10.0 Å². The van der Waals surface area contributed by atoms with Crippen LogP contribution in [0.25, 0.3) is 0 Å². The molecule has 0 aliphatic rings. The molecule has 2 aromatic rings. The summed E-state index contributed by atoms with van der Waals surface area (Å²) in [6.45, 7) is 5.36. The molecule has 1 heterocycles. The Bertz CT molecular complexity index is 1410. The molecule has 0 radical (unpaired) electrons. The van der Waals surface area contributed by atoms with Gasteiger partial charge in [-0.25, -0.2) is 16.8 Å². The van der Waals surface area contributed by atoms with Gasteiger partial charge in [-0.2, -0.15) is 16.5 Å². The van der Waals surface area contributed by atoms with Gasteiger partial charge in [0.15, 0.2) is 9.84 Å². The topological polar surface area (TPSA) is 162 Å². The van der Waals surface area contributed by atoms with E-state index in [0.717, 1.165) is 30.3 Å². The van der Waals surface area contributed by atoms with Crippen LogP contribution in [0.5, 0.6) is 0 Å². The molecule has 0 spiro atoms. The maximum atomic E-state index is 13.0. The maximum absolute atomic E-state index is 13.0. The fraction of sp³-hybridized carbons (Fsp3) is 0.480. The third-order valence-corrected chi connectivity index (χ3v) is 10.5. The molecule has 1 atom stereocenters. The van der Waals surface area contributed by atoms with Crippen LogP contribution >= 0.6 is 23.1 Å². The Balaban J connectivity index is 1.89. The Morgan fingerprint density at radius 3 is 2.38 bits per heavy atom. The highest BCUT2D eigenvalue weighted by molar-refractivity contribution is 7.98. The molecule has 0 saturated heterocycles. The molecule has 222 valence electrons. The molecule has 11 nitrogen and oxygen atoms in total. The van der Waals surface area contributed by atoms with Crippen LogP contribution in [0.15, 0.2) is 45.5 Å². The van der Waals surface area contributed by atoms with Crippen molar-refractivity contribution in [2.24, 2.45) is 0 Å². The van der Waals surface area contributed by atoms with Gasteiger partial charge in [-0.3, -0.25) is 14.4 Å². The minimum absolute atomic E-state index is 0.0691. The fourth-order valence-electron chi connectivity index (χ4n) is 3.22. The third-order valence-electron chi connectivity index (χ3n) is 4.97. The number of sulfonamides is 1. The zero-order valence-electron chi connectivity index (χ0n) is 22.9. The van der Waals surface area contributed by atoms with Gasteiger partial charge in [-0.1, -0.05) is 12.1 Å². The Morgan fingerprint density at radius 2 is 1.77 bits per heavy atom. The molecular weight excluding hydrogens is 601 g/mol. The lowest BCUT2D eigenvalue weighted by Crippen LogP contribution is -2.43. The zero-order valence-corrected chi connectivity index (χ0v) is 26.2. The van der Waals surface area contributed by atoms with Gasteiger partial charge < -0.3 is 14.8 Å². The summed E-state index contributed by atoms with van der Waals surface area (Å²) in [5.41, 5.74) is -0.0758. The van der Waals surface area contributed by atoms with E-state index in [0.29, 0.717) is 29.3 Å². The van der Waals surface area contributed by atoms with Crippen molar-refractivity contribution in [3.63, 3.8) is 0 Å². The molecule has 40 heavy (non-hydrogen) atoms. The largest absolute Gasteiger partial charge is 0.468 e. The average molecular weight is 635 g/mol. The monoisotopic (exact) mass is 634 g/mol. The van der Waals surface area contributed by atoms with Gasteiger partial charge in [0.1, 0.15) is 15.9 Å². The quantitative estimate of drug-likeness (QED) is 0.233. The van der Waals surface area contributed by atoms with Crippen molar-refractivity contribution in [2.75, 3.05) is 25.7 Å². The van der Waals surface area contributed by atoms with Gasteiger partial charge in [-0.15, -0.1) is 11.3 Å². The first kappa shape index (κ1) is 33.7. The van der Waals surface area contributed by atoms with Crippen LogP contribution in [0.3, 0.4) is 0 Å². The number of methoxy groups -OCH3 is 1. The van der Waals surface area contributed by atoms with E-state index in [-0.39, 0.29) is 15.0 Å². The molecule has 0 fully saturated rings. The summed E-state index contributed by atoms with van der Waals surface area (Å²) in [6, 6.07) is 7.64. The van der Waals surface area contributed by atoms with E-state index < -0.39 is 49.9 Å². The second-order valence-corrected chi connectivity index (χ2v) is 15.8. The first-order valence-electron chi connectivity index (χ1n) is 12.1. The van der Waals surface area contributed by atoms with Gasteiger partial charge in [0.25, 0.3) is 5.91 Å². The molecule has 0 aliphatic carbocycles. The number of ether oxygens (including phenoxy) is 2. The normalized spacial score (nSPS) is 12.9. The minimum atomic E-state index is -4.16. The van der Waals surface area contributed by atoms with Crippen LogP contribution in [0, 0.1) is 0 Å². The molecule has 15 heteroatoms. The summed E-state index contributed by atoms with van der Waals surface area (Å²) in [7, 11) is -6.42. The first-order chi connectivity index (χ1) is 18.5. The molecule has 1 amide bonds. The number of sulfone groups is 1. The highest BCUT2D eigenvalue weighted by Gasteiger charge is 2.31. The van der Waals surface area contributed by atoms with Crippen molar-refractivity contribution >= 4 is 60.8 Å². The van der Waals surface area contributed by atoms with Gasteiger partial charge in [0.2, 0.25) is 10.0 Å². The molecule has 0 aliphatic heterocycles. The number of nitrogens with one attached hydrogen (secondary N) is 2. The number of rotatable bonds is 14. The van der Waals surface area contributed by atoms with Crippen molar-refractivity contribution < 1.29 is 40.7 Å². The lowest BCUT2D eigenvalue weighted by molar-refractivity contribution is -0.158. The standard InChI is InChI=1S/C25H34N2O9S4/c1-25(2,3)36-21(28)15-19(24(30)35-4)27-40(33,34)18-9-6-8-17(14-18)16-37-13-7-12-26-23(29)20-10-11-22(38-20)39(5,31)32/h6,8-11,14,19,27H,7,12-13,15-16H2,1-5H3,(H,26,29)/t19-/m0/s1. The van der Waals surface area contributed by atoms with Gasteiger partial charge in [0, 0.05) is 18.6 Å². The van der Waals surface area contributed by atoms with Gasteiger partial charge in [0.05, 0.1) is 23.3 Å². The second kappa shape index (κ2) is 14.4. The number of esters is 2. The molecular formula is C25H34N2O9S4. The summed E-state index contributed by atoms with van der Waals surface area (Å²) in [4.78, 5) is 36.8. The zero-order chi connectivity index (χ0) is 30.1. The third kappa shape index (κ3) is 11.2. The van der Waals surface area contributed by atoms with E-state index in [1.807, 2.05) is 0 Å². The van der Waals surface area contributed by atoms with E-state index in [2.05, 4.69) is 14.8 Å². The van der Waals surface area contributed by atoms with E-state index in [1.54, 1.807) is 32.9 Å². The summed E-state index contributed by atoms with van der Waals surface area (Å²) in [5.74, 6) is -0.830. The molecule has 0 saturated carbocycles. The summed E-state index contributed by atoms with van der Waals surface area (Å²) in [5, 5.41) is 2.75. The van der Waals surface area contributed by atoms with Crippen molar-refractivity contribution in [3.05, 3.63) is 46.8 Å². The van der Waals surface area contributed by atoms with Crippen molar-refractivity contribution in [1.82, 2.24) is 10.0 Å². The van der Waals surface area contributed by atoms with Crippen LogP contribution in [-0.2, 0) is 44.7 Å². The fourth-order valence-corrected chi connectivity index (χ4v) is 7.22.